The average molecular weight is 396 g/mol. The van der Waals surface area contributed by atoms with Crippen molar-refractivity contribution in [1.29, 1.82) is 0 Å². The first-order chi connectivity index (χ1) is 14.0. The van der Waals surface area contributed by atoms with Crippen molar-refractivity contribution >= 4 is 5.91 Å². The predicted molar refractivity (Wildman–Crippen MR) is 113 cm³/mol. The zero-order chi connectivity index (χ0) is 20.3. The van der Waals surface area contributed by atoms with Crippen molar-refractivity contribution in [3.05, 3.63) is 71.5 Å². The molecule has 1 amide bonds. The third-order valence-electron chi connectivity index (χ3n) is 6.47. The molecule has 2 saturated heterocycles. The molecule has 2 aliphatic rings. The van der Waals surface area contributed by atoms with Gasteiger partial charge in [0.05, 0.1) is 5.54 Å². The first-order valence-corrected chi connectivity index (χ1v) is 10.6. The van der Waals surface area contributed by atoms with E-state index in [0.29, 0.717) is 31.8 Å². The third kappa shape index (κ3) is 4.85. The van der Waals surface area contributed by atoms with Gasteiger partial charge in [0.15, 0.2) is 0 Å². The largest absolute Gasteiger partial charge is 0.340 e. The number of nitrogens with zero attached hydrogens (tertiary/aromatic N) is 2. The van der Waals surface area contributed by atoms with Gasteiger partial charge in [-0.25, -0.2) is 4.39 Å². The molecule has 0 aliphatic carbocycles. The van der Waals surface area contributed by atoms with Gasteiger partial charge in [-0.1, -0.05) is 42.5 Å². The molecule has 0 saturated carbocycles. The fourth-order valence-corrected chi connectivity index (χ4v) is 4.65. The van der Waals surface area contributed by atoms with E-state index in [1.165, 1.54) is 17.7 Å². The lowest BCUT2D eigenvalue weighted by atomic mass is 9.90. The van der Waals surface area contributed by atoms with E-state index < -0.39 is 5.54 Å². The summed E-state index contributed by atoms with van der Waals surface area (Å²) in [5.74, 6) is 0.353. The maximum Gasteiger partial charge on any atom is 0.222 e. The summed E-state index contributed by atoms with van der Waals surface area (Å²) in [4.78, 5) is 17.2. The SMILES string of the molecule is NC1(c2cccc(F)c2)CCN(C(=O)CC2CCN(Cc3ccccc3)CC2)C1. The molecule has 2 fully saturated rings. The zero-order valence-corrected chi connectivity index (χ0v) is 16.9. The number of carbonyl (C=O) groups is 1. The summed E-state index contributed by atoms with van der Waals surface area (Å²) in [5, 5.41) is 0. The summed E-state index contributed by atoms with van der Waals surface area (Å²) in [6, 6.07) is 17.0. The van der Waals surface area contributed by atoms with Crippen molar-refractivity contribution in [1.82, 2.24) is 9.80 Å². The van der Waals surface area contributed by atoms with Gasteiger partial charge >= 0.3 is 0 Å². The average Bonchev–Trinajstić information content (AvgIpc) is 3.14. The van der Waals surface area contributed by atoms with Crippen LogP contribution in [-0.4, -0.2) is 41.9 Å². The number of amides is 1. The first kappa shape index (κ1) is 20.0. The van der Waals surface area contributed by atoms with Crippen molar-refractivity contribution in [3.8, 4) is 0 Å². The highest BCUT2D eigenvalue weighted by atomic mass is 19.1. The van der Waals surface area contributed by atoms with Crippen LogP contribution in [0.25, 0.3) is 0 Å². The highest BCUT2D eigenvalue weighted by molar-refractivity contribution is 5.77. The van der Waals surface area contributed by atoms with E-state index >= 15 is 0 Å². The lowest BCUT2D eigenvalue weighted by Crippen LogP contribution is -2.42. The standard InChI is InChI=1S/C24H30FN3O/c25-22-8-4-7-21(16-22)24(26)11-14-28(18-24)23(29)15-19-9-12-27(13-10-19)17-20-5-2-1-3-6-20/h1-8,16,19H,9-15,17-18,26H2. The Morgan fingerprint density at radius 1 is 1.07 bits per heavy atom. The monoisotopic (exact) mass is 395 g/mol. The van der Waals surface area contributed by atoms with Crippen molar-refractivity contribution in [3.63, 3.8) is 0 Å². The molecule has 0 radical (unpaired) electrons. The molecule has 2 aromatic rings. The number of hydrogen-bond acceptors (Lipinski definition) is 3. The second kappa shape index (κ2) is 8.64. The van der Waals surface area contributed by atoms with Gasteiger partial charge in [-0.2, -0.15) is 0 Å². The maximum absolute atomic E-state index is 13.6. The van der Waals surface area contributed by atoms with Crippen molar-refractivity contribution < 1.29 is 9.18 Å². The second-order valence-corrected chi connectivity index (χ2v) is 8.64. The van der Waals surface area contributed by atoms with E-state index in [1.54, 1.807) is 6.07 Å². The van der Waals surface area contributed by atoms with Crippen LogP contribution in [0.4, 0.5) is 4.39 Å². The maximum atomic E-state index is 13.6. The van der Waals surface area contributed by atoms with Gasteiger partial charge < -0.3 is 10.6 Å². The second-order valence-electron chi connectivity index (χ2n) is 8.64. The molecule has 5 heteroatoms. The number of piperidine rings is 1. The molecule has 4 nitrogen and oxygen atoms in total. The molecule has 2 aromatic carbocycles. The number of halogens is 1. The van der Waals surface area contributed by atoms with Gasteiger partial charge in [0.1, 0.15) is 5.82 Å². The Balaban J connectivity index is 1.26. The van der Waals surface area contributed by atoms with Crippen LogP contribution >= 0.6 is 0 Å². The third-order valence-corrected chi connectivity index (χ3v) is 6.47. The van der Waals surface area contributed by atoms with E-state index in [4.69, 9.17) is 5.73 Å². The molecule has 0 spiro atoms. The van der Waals surface area contributed by atoms with Crippen LogP contribution < -0.4 is 5.73 Å². The summed E-state index contributed by atoms with van der Waals surface area (Å²) >= 11 is 0. The lowest BCUT2D eigenvalue weighted by Gasteiger charge is -2.32. The Morgan fingerprint density at radius 3 is 2.55 bits per heavy atom. The molecular formula is C24H30FN3O. The topological polar surface area (TPSA) is 49.6 Å². The van der Waals surface area contributed by atoms with Crippen LogP contribution in [0.3, 0.4) is 0 Å². The Kier molecular flexibility index (Phi) is 5.97. The summed E-state index contributed by atoms with van der Waals surface area (Å²) in [6.07, 6.45) is 3.39. The molecule has 4 rings (SSSR count). The summed E-state index contributed by atoms with van der Waals surface area (Å²) in [5.41, 5.74) is 8.02. The van der Waals surface area contributed by atoms with E-state index in [9.17, 15) is 9.18 Å². The predicted octanol–water partition coefficient (Wildman–Crippen LogP) is 3.51. The molecule has 2 heterocycles. The van der Waals surface area contributed by atoms with Crippen LogP contribution in [0.2, 0.25) is 0 Å². The number of rotatable bonds is 5. The van der Waals surface area contributed by atoms with Crippen molar-refractivity contribution in [2.75, 3.05) is 26.2 Å². The summed E-state index contributed by atoms with van der Waals surface area (Å²) in [6.45, 7) is 4.19. The van der Waals surface area contributed by atoms with Gasteiger partial charge in [-0.3, -0.25) is 9.69 Å². The molecule has 2 aliphatic heterocycles. The van der Waals surface area contributed by atoms with Gasteiger partial charge in [0.25, 0.3) is 0 Å². The number of hydrogen-bond donors (Lipinski definition) is 1. The van der Waals surface area contributed by atoms with E-state index in [1.807, 2.05) is 17.0 Å². The van der Waals surface area contributed by atoms with E-state index in [-0.39, 0.29) is 11.7 Å². The van der Waals surface area contributed by atoms with E-state index in [2.05, 4.69) is 29.2 Å². The highest BCUT2D eigenvalue weighted by Gasteiger charge is 2.38. The number of carbonyl (C=O) groups excluding carboxylic acids is 1. The molecule has 1 unspecified atom stereocenters. The van der Waals surface area contributed by atoms with Crippen LogP contribution in [0.5, 0.6) is 0 Å². The number of nitrogens with two attached hydrogens (primary N) is 1. The van der Waals surface area contributed by atoms with Crippen LogP contribution in [0.15, 0.2) is 54.6 Å². The Labute approximate surface area is 172 Å². The minimum Gasteiger partial charge on any atom is -0.340 e. The fraction of sp³-hybridized carbons (Fsp3) is 0.458. The fourth-order valence-electron chi connectivity index (χ4n) is 4.65. The van der Waals surface area contributed by atoms with Gasteiger partial charge in [0, 0.05) is 26.1 Å². The van der Waals surface area contributed by atoms with E-state index in [0.717, 1.165) is 38.0 Å². The molecule has 154 valence electrons. The minimum atomic E-state index is -0.642. The minimum absolute atomic E-state index is 0.190. The van der Waals surface area contributed by atoms with Crippen molar-refractivity contribution in [2.45, 2.75) is 37.8 Å². The zero-order valence-electron chi connectivity index (χ0n) is 16.9. The van der Waals surface area contributed by atoms with Gasteiger partial charge in [0.2, 0.25) is 5.91 Å². The molecule has 1 atom stereocenters. The van der Waals surface area contributed by atoms with Crippen LogP contribution in [0.1, 0.15) is 36.8 Å². The quantitative estimate of drug-likeness (QED) is 0.843. The summed E-state index contributed by atoms with van der Waals surface area (Å²) < 4.78 is 13.6. The van der Waals surface area contributed by atoms with Gasteiger partial charge in [-0.05, 0) is 61.5 Å². The normalized spacial score (nSPS) is 23.4. The Bertz CT molecular complexity index is 835. The van der Waals surface area contributed by atoms with Crippen LogP contribution in [0, 0.1) is 11.7 Å². The Hall–Kier alpha value is -2.24. The van der Waals surface area contributed by atoms with Gasteiger partial charge in [-0.15, -0.1) is 0 Å². The highest BCUT2D eigenvalue weighted by Crippen LogP contribution is 2.31. The van der Waals surface area contributed by atoms with Crippen molar-refractivity contribution in [2.24, 2.45) is 11.7 Å². The molecule has 29 heavy (non-hydrogen) atoms. The molecule has 0 bridgehead atoms. The Morgan fingerprint density at radius 2 is 1.83 bits per heavy atom. The van der Waals surface area contributed by atoms with Crippen LogP contribution in [-0.2, 0) is 16.9 Å². The molecule has 2 N–H and O–H groups in total. The molecule has 0 aromatic heterocycles. The lowest BCUT2D eigenvalue weighted by molar-refractivity contribution is -0.131. The molecular weight excluding hydrogens is 365 g/mol. The summed E-state index contributed by atoms with van der Waals surface area (Å²) in [7, 11) is 0. The number of benzene rings is 2. The first-order valence-electron chi connectivity index (χ1n) is 10.6. The number of likely N-dealkylation sites (tertiary alicyclic amines) is 2. The smallest absolute Gasteiger partial charge is 0.222 e.